The zero-order chi connectivity index (χ0) is 19.0. The smallest absolute Gasteiger partial charge is 0.410 e. The molecule has 0 aromatic heterocycles. The van der Waals surface area contributed by atoms with Gasteiger partial charge >= 0.3 is 12.1 Å². The second-order valence-corrected chi connectivity index (χ2v) is 7.56. The number of hydrogen-bond acceptors (Lipinski definition) is 5. The van der Waals surface area contributed by atoms with Crippen molar-refractivity contribution in [1.29, 1.82) is 0 Å². The fourth-order valence-corrected chi connectivity index (χ4v) is 2.80. The summed E-state index contributed by atoms with van der Waals surface area (Å²) in [5, 5.41) is 0. The maximum atomic E-state index is 12.1. The topological polar surface area (TPSA) is 59.1 Å². The van der Waals surface area contributed by atoms with E-state index in [0.29, 0.717) is 26.1 Å². The van der Waals surface area contributed by atoms with E-state index < -0.39 is 5.60 Å². The number of hydrogen-bond donors (Lipinski definition) is 0. The van der Waals surface area contributed by atoms with Crippen LogP contribution in [0.4, 0.5) is 4.79 Å². The highest BCUT2D eigenvalue weighted by atomic mass is 16.6. The number of benzene rings is 1. The summed E-state index contributed by atoms with van der Waals surface area (Å²) in [7, 11) is 0. The monoisotopic (exact) mass is 362 g/mol. The van der Waals surface area contributed by atoms with Crippen molar-refractivity contribution in [2.75, 3.05) is 32.7 Å². The number of ether oxygens (including phenoxy) is 2. The van der Waals surface area contributed by atoms with Crippen LogP contribution in [0.25, 0.3) is 0 Å². The molecule has 1 saturated heterocycles. The van der Waals surface area contributed by atoms with Gasteiger partial charge in [-0.15, -0.1) is 0 Å². The van der Waals surface area contributed by atoms with Crippen LogP contribution in [0.15, 0.2) is 30.3 Å². The minimum absolute atomic E-state index is 0.152. The number of amides is 1. The standard InChI is InChI=1S/C20H30N2O4/c1-20(2,3)26-18(23)10-7-11-21-12-14-22(15-13-21)19(24)25-16-17-8-5-4-6-9-17/h4-6,8-9H,7,10-16H2,1-3H3. The van der Waals surface area contributed by atoms with Crippen LogP contribution in [-0.4, -0.2) is 60.2 Å². The van der Waals surface area contributed by atoms with E-state index in [1.807, 2.05) is 51.1 Å². The Hall–Kier alpha value is -2.08. The van der Waals surface area contributed by atoms with Crippen molar-refractivity contribution >= 4 is 12.1 Å². The third-order valence-electron chi connectivity index (χ3n) is 4.11. The van der Waals surface area contributed by atoms with Crippen molar-refractivity contribution in [3.8, 4) is 0 Å². The number of piperazine rings is 1. The molecule has 6 heteroatoms. The summed E-state index contributed by atoms with van der Waals surface area (Å²) in [6, 6.07) is 9.68. The van der Waals surface area contributed by atoms with Gasteiger partial charge in [0, 0.05) is 32.6 Å². The first-order chi connectivity index (χ1) is 12.3. The molecule has 1 aromatic carbocycles. The number of esters is 1. The van der Waals surface area contributed by atoms with Crippen molar-refractivity contribution in [2.24, 2.45) is 0 Å². The molecule has 0 saturated carbocycles. The van der Waals surface area contributed by atoms with Gasteiger partial charge in [0.25, 0.3) is 0 Å². The normalized spacial score (nSPS) is 15.6. The third kappa shape index (κ3) is 7.44. The van der Waals surface area contributed by atoms with Crippen molar-refractivity contribution in [3.63, 3.8) is 0 Å². The van der Waals surface area contributed by atoms with Gasteiger partial charge in [-0.05, 0) is 39.3 Å². The van der Waals surface area contributed by atoms with Crippen molar-refractivity contribution < 1.29 is 19.1 Å². The van der Waals surface area contributed by atoms with Crippen LogP contribution >= 0.6 is 0 Å². The molecule has 1 heterocycles. The molecule has 0 N–H and O–H groups in total. The van der Waals surface area contributed by atoms with E-state index in [1.54, 1.807) is 4.90 Å². The zero-order valence-electron chi connectivity index (χ0n) is 16.1. The first-order valence-corrected chi connectivity index (χ1v) is 9.23. The summed E-state index contributed by atoms with van der Waals surface area (Å²) in [5.74, 6) is -0.152. The van der Waals surface area contributed by atoms with Crippen LogP contribution in [-0.2, 0) is 20.9 Å². The first-order valence-electron chi connectivity index (χ1n) is 9.23. The molecule has 2 rings (SSSR count). The Balaban J connectivity index is 1.61. The predicted molar refractivity (Wildman–Crippen MR) is 99.7 cm³/mol. The van der Waals surface area contributed by atoms with Crippen molar-refractivity contribution in [1.82, 2.24) is 9.80 Å². The average molecular weight is 362 g/mol. The van der Waals surface area contributed by atoms with Crippen LogP contribution in [0.3, 0.4) is 0 Å². The maximum absolute atomic E-state index is 12.1. The Morgan fingerprint density at radius 2 is 1.69 bits per heavy atom. The molecule has 0 spiro atoms. The Kier molecular flexibility index (Phi) is 7.45. The molecule has 1 aliphatic heterocycles. The molecule has 144 valence electrons. The summed E-state index contributed by atoms with van der Waals surface area (Å²) in [6.07, 6.45) is 0.937. The van der Waals surface area contributed by atoms with Gasteiger partial charge < -0.3 is 14.4 Å². The van der Waals surface area contributed by atoms with Gasteiger partial charge in [-0.2, -0.15) is 0 Å². The fraction of sp³-hybridized carbons (Fsp3) is 0.600. The second-order valence-electron chi connectivity index (χ2n) is 7.56. The number of carbonyl (C=O) groups excluding carboxylic acids is 2. The summed E-state index contributed by atoms with van der Waals surface area (Å²) >= 11 is 0. The van der Waals surface area contributed by atoms with Crippen LogP contribution < -0.4 is 0 Å². The first kappa shape index (κ1) is 20.2. The number of rotatable bonds is 6. The van der Waals surface area contributed by atoms with E-state index in [2.05, 4.69) is 4.90 Å². The van der Waals surface area contributed by atoms with Crippen LogP contribution in [0.5, 0.6) is 0 Å². The van der Waals surface area contributed by atoms with Gasteiger partial charge in [0.15, 0.2) is 0 Å². The number of nitrogens with zero attached hydrogens (tertiary/aromatic N) is 2. The largest absolute Gasteiger partial charge is 0.460 e. The molecule has 0 radical (unpaired) electrons. The summed E-state index contributed by atoms with van der Waals surface area (Å²) in [5.41, 5.74) is 0.560. The molecular weight excluding hydrogens is 332 g/mol. The lowest BCUT2D eigenvalue weighted by atomic mass is 10.2. The van der Waals surface area contributed by atoms with Gasteiger partial charge in [-0.3, -0.25) is 9.69 Å². The lowest BCUT2D eigenvalue weighted by Crippen LogP contribution is -2.49. The lowest BCUT2D eigenvalue weighted by molar-refractivity contribution is -0.155. The van der Waals surface area contributed by atoms with E-state index in [-0.39, 0.29) is 12.1 Å². The quantitative estimate of drug-likeness (QED) is 0.728. The van der Waals surface area contributed by atoms with Crippen LogP contribution in [0.2, 0.25) is 0 Å². The average Bonchev–Trinajstić information content (AvgIpc) is 2.59. The number of carbonyl (C=O) groups is 2. The summed E-state index contributed by atoms with van der Waals surface area (Å²) < 4.78 is 10.7. The Bertz CT molecular complexity index is 575. The van der Waals surface area contributed by atoms with Crippen molar-refractivity contribution in [3.05, 3.63) is 35.9 Å². The molecule has 0 aliphatic carbocycles. The van der Waals surface area contributed by atoms with Gasteiger partial charge in [-0.25, -0.2) is 4.79 Å². The fourth-order valence-electron chi connectivity index (χ4n) is 2.80. The highest BCUT2D eigenvalue weighted by Crippen LogP contribution is 2.11. The molecular formula is C20H30N2O4. The molecule has 1 aliphatic rings. The van der Waals surface area contributed by atoms with Gasteiger partial charge in [0.05, 0.1) is 0 Å². The van der Waals surface area contributed by atoms with E-state index >= 15 is 0 Å². The Labute approximate surface area is 156 Å². The second kappa shape index (κ2) is 9.57. The zero-order valence-corrected chi connectivity index (χ0v) is 16.1. The van der Waals surface area contributed by atoms with Gasteiger partial charge in [-0.1, -0.05) is 30.3 Å². The minimum Gasteiger partial charge on any atom is -0.460 e. The molecule has 6 nitrogen and oxygen atoms in total. The molecule has 1 aromatic rings. The molecule has 26 heavy (non-hydrogen) atoms. The van der Waals surface area contributed by atoms with Crippen LogP contribution in [0, 0.1) is 0 Å². The highest BCUT2D eigenvalue weighted by molar-refractivity contribution is 5.69. The SMILES string of the molecule is CC(C)(C)OC(=O)CCCN1CCN(C(=O)OCc2ccccc2)CC1. The van der Waals surface area contributed by atoms with Crippen LogP contribution in [0.1, 0.15) is 39.2 Å². The maximum Gasteiger partial charge on any atom is 0.410 e. The minimum atomic E-state index is -0.428. The van der Waals surface area contributed by atoms with Gasteiger partial charge in [0.2, 0.25) is 0 Å². The van der Waals surface area contributed by atoms with Gasteiger partial charge in [0.1, 0.15) is 12.2 Å². The van der Waals surface area contributed by atoms with E-state index in [9.17, 15) is 9.59 Å². The molecule has 1 amide bonds. The van der Waals surface area contributed by atoms with E-state index in [4.69, 9.17) is 9.47 Å². The third-order valence-corrected chi connectivity index (χ3v) is 4.11. The summed E-state index contributed by atoms with van der Waals surface area (Å²) in [4.78, 5) is 27.9. The molecule has 1 fully saturated rings. The predicted octanol–water partition coefficient (Wildman–Crippen LogP) is 3.06. The molecule has 0 bridgehead atoms. The van der Waals surface area contributed by atoms with E-state index in [1.165, 1.54) is 0 Å². The lowest BCUT2D eigenvalue weighted by Gasteiger charge is -2.34. The molecule has 0 atom stereocenters. The highest BCUT2D eigenvalue weighted by Gasteiger charge is 2.22. The molecule has 0 unspecified atom stereocenters. The Morgan fingerprint density at radius 3 is 2.31 bits per heavy atom. The Morgan fingerprint density at radius 1 is 1.04 bits per heavy atom. The van der Waals surface area contributed by atoms with Crippen molar-refractivity contribution in [2.45, 2.75) is 45.8 Å². The summed E-state index contributed by atoms with van der Waals surface area (Å²) in [6.45, 7) is 9.68. The van der Waals surface area contributed by atoms with E-state index in [0.717, 1.165) is 31.6 Å².